The largest absolute Gasteiger partial charge is 0.497 e. The highest BCUT2D eigenvalue weighted by atomic mass is 32.2. The first-order valence-electron chi connectivity index (χ1n) is 7.69. The van der Waals surface area contributed by atoms with Gasteiger partial charge in [0.2, 0.25) is 0 Å². The Labute approximate surface area is 139 Å². The Morgan fingerprint density at radius 1 is 0.955 bits per heavy atom. The first-order chi connectivity index (χ1) is 10.6. The minimum atomic E-state index is 0.388. The van der Waals surface area contributed by atoms with E-state index in [1.54, 1.807) is 7.11 Å². The molecule has 0 saturated carbocycles. The number of hydrogen-bond donors (Lipinski definition) is 0. The fourth-order valence-electron chi connectivity index (χ4n) is 1.87. The zero-order valence-corrected chi connectivity index (χ0v) is 15.2. The van der Waals surface area contributed by atoms with E-state index in [2.05, 4.69) is 45.0 Å². The van der Waals surface area contributed by atoms with Gasteiger partial charge in [-0.1, -0.05) is 45.4 Å². The Bertz CT molecular complexity index is 562. The summed E-state index contributed by atoms with van der Waals surface area (Å²) in [6.07, 6.45) is 0. The molecule has 0 bridgehead atoms. The summed E-state index contributed by atoms with van der Waals surface area (Å²) in [5.74, 6) is 2.14. The zero-order valence-electron chi connectivity index (χ0n) is 14.3. The summed E-state index contributed by atoms with van der Waals surface area (Å²) in [6, 6.07) is 14.2. The first-order valence-corrected chi connectivity index (χ1v) is 8.43. The number of rotatable bonds is 5. The normalized spacial score (nSPS) is 9.95. The van der Waals surface area contributed by atoms with Crippen LogP contribution in [0.3, 0.4) is 0 Å². The highest BCUT2D eigenvalue weighted by molar-refractivity contribution is 7.95. The SMILES string of the molecule is CC.COc1ccc(OSc2ccc(C)cc2)c(C(C)C)c1. The van der Waals surface area contributed by atoms with Crippen LogP contribution in [0.2, 0.25) is 0 Å². The summed E-state index contributed by atoms with van der Waals surface area (Å²) in [4.78, 5) is 1.10. The molecular weight excluding hydrogens is 292 g/mol. The van der Waals surface area contributed by atoms with Gasteiger partial charge in [-0.3, -0.25) is 0 Å². The van der Waals surface area contributed by atoms with E-state index < -0.39 is 0 Å². The van der Waals surface area contributed by atoms with Crippen LogP contribution >= 0.6 is 12.0 Å². The Hall–Kier alpha value is -1.61. The van der Waals surface area contributed by atoms with Gasteiger partial charge in [-0.05, 0) is 43.2 Å². The van der Waals surface area contributed by atoms with Crippen molar-refractivity contribution in [3.8, 4) is 11.5 Å². The summed E-state index contributed by atoms with van der Waals surface area (Å²) in [7, 11) is 1.68. The van der Waals surface area contributed by atoms with Crippen LogP contribution in [-0.2, 0) is 0 Å². The van der Waals surface area contributed by atoms with Gasteiger partial charge in [0, 0.05) is 10.5 Å². The molecular formula is C19H26O2S. The predicted molar refractivity (Wildman–Crippen MR) is 96.1 cm³/mol. The van der Waals surface area contributed by atoms with Crippen molar-refractivity contribution in [3.05, 3.63) is 53.6 Å². The van der Waals surface area contributed by atoms with E-state index in [-0.39, 0.29) is 0 Å². The molecule has 0 atom stereocenters. The van der Waals surface area contributed by atoms with E-state index in [9.17, 15) is 0 Å². The lowest BCUT2D eigenvalue weighted by atomic mass is 10.0. The van der Waals surface area contributed by atoms with E-state index >= 15 is 0 Å². The molecule has 2 aromatic carbocycles. The van der Waals surface area contributed by atoms with Crippen molar-refractivity contribution in [2.75, 3.05) is 7.11 Å². The molecule has 3 heteroatoms. The summed E-state index contributed by atoms with van der Waals surface area (Å²) < 4.78 is 11.2. The maximum Gasteiger partial charge on any atom is 0.141 e. The van der Waals surface area contributed by atoms with Crippen molar-refractivity contribution in [1.82, 2.24) is 0 Å². The van der Waals surface area contributed by atoms with Crippen LogP contribution in [0.5, 0.6) is 11.5 Å². The second-order valence-corrected chi connectivity index (χ2v) is 5.84. The third-order valence-corrected chi connectivity index (χ3v) is 3.82. The average Bonchev–Trinajstić information content (AvgIpc) is 2.56. The van der Waals surface area contributed by atoms with Gasteiger partial charge in [0.05, 0.1) is 19.2 Å². The van der Waals surface area contributed by atoms with Crippen molar-refractivity contribution in [1.29, 1.82) is 0 Å². The molecule has 2 aromatic rings. The highest BCUT2D eigenvalue weighted by Gasteiger charge is 2.10. The number of benzene rings is 2. The van der Waals surface area contributed by atoms with Crippen LogP contribution in [0.1, 0.15) is 44.7 Å². The van der Waals surface area contributed by atoms with Crippen molar-refractivity contribution in [2.24, 2.45) is 0 Å². The minimum absolute atomic E-state index is 0.388. The van der Waals surface area contributed by atoms with Gasteiger partial charge in [0.15, 0.2) is 0 Å². The van der Waals surface area contributed by atoms with Crippen LogP contribution in [0.15, 0.2) is 47.4 Å². The van der Waals surface area contributed by atoms with Gasteiger partial charge < -0.3 is 8.92 Å². The molecule has 0 aliphatic carbocycles. The van der Waals surface area contributed by atoms with Gasteiger partial charge >= 0.3 is 0 Å². The maximum absolute atomic E-state index is 5.88. The van der Waals surface area contributed by atoms with Crippen LogP contribution in [0.4, 0.5) is 0 Å². The fourth-order valence-corrected chi connectivity index (χ4v) is 2.45. The molecule has 22 heavy (non-hydrogen) atoms. The van der Waals surface area contributed by atoms with E-state index in [0.29, 0.717) is 5.92 Å². The lowest BCUT2D eigenvalue weighted by molar-refractivity contribution is 0.413. The quantitative estimate of drug-likeness (QED) is 0.608. The monoisotopic (exact) mass is 318 g/mol. The molecule has 120 valence electrons. The molecule has 0 amide bonds. The van der Waals surface area contributed by atoms with E-state index in [1.807, 2.05) is 32.0 Å². The standard InChI is InChI=1S/C17H20O2S.C2H6/c1-12(2)16-11-14(18-4)7-10-17(16)19-20-15-8-5-13(3)6-9-15;1-2/h5-12H,1-4H3;1-2H3. The van der Waals surface area contributed by atoms with Crippen molar-refractivity contribution >= 4 is 12.0 Å². The topological polar surface area (TPSA) is 18.5 Å². The van der Waals surface area contributed by atoms with Gasteiger partial charge in [0.1, 0.15) is 11.5 Å². The second kappa shape index (κ2) is 9.42. The Kier molecular flexibility index (Phi) is 7.89. The van der Waals surface area contributed by atoms with Crippen molar-refractivity contribution in [3.63, 3.8) is 0 Å². The van der Waals surface area contributed by atoms with Gasteiger partial charge in [0.25, 0.3) is 0 Å². The number of aryl methyl sites for hydroxylation is 1. The average molecular weight is 318 g/mol. The molecule has 0 heterocycles. The zero-order chi connectivity index (χ0) is 16.5. The smallest absolute Gasteiger partial charge is 0.141 e. The van der Waals surface area contributed by atoms with Crippen LogP contribution in [0, 0.1) is 6.92 Å². The molecule has 0 radical (unpaired) electrons. The molecule has 0 spiro atoms. The second-order valence-electron chi connectivity index (χ2n) is 5.04. The lowest BCUT2D eigenvalue weighted by Crippen LogP contribution is -1.94. The molecule has 0 unspecified atom stereocenters. The molecule has 0 saturated heterocycles. The molecule has 0 aliphatic heterocycles. The molecule has 2 rings (SSSR count). The summed E-state index contributed by atoms with van der Waals surface area (Å²) in [6.45, 7) is 10.4. The van der Waals surface area contributed by atoms with Crippen LogP contribution in [-0.4, -0.2) is 7.11 Å². The van der Waals surface area contributed by atoms with Gasteiger partial charge in [-0.2, -0.15) is 0 Å². The molecule has 2 nitrogen and oxygen atoms in total. The highest BCUT2D eigenvalue weighted by Crippen LogP contribution is 2.34. The van der Waals surface area contributed by atoms with Crippen molar-refractivity contribution < 1.29 is 8.92 Å². The summed E-state index contributed by atoms with van der Waals surface area (Å²) in [5, 5.41) is 0. The van der Waals surface area contributed by atoms with Crippen LogP contribution < -0.4 is 8.92 Å². The van der Waals surface area contributed by atoms with E-state index in [1.165, 1.54) is 17.6 Å². The molecule has 0 N–H and O–H groups in total. The van der Waals surface area contributed by atoms with E-state index in [4.69, 9.17) is 8.92 Å². The summed E-state index contributed by atoms with van der Waals surface area (Å²) in [5.41, 5.74) is 2.41. The van der Waals surface area contributed by atoms with Gasteiger partial charge in [-0.15, -0.1) is 0 Å². The molecule has 0 aromatic heterocycles. The van der Waals surface area contributed by atoms with Crippen LogP contribution in [0.25, 0.3) is 0 Å². The Balaban J connectivity index is 0.00000116. The first kappa shape index (κ1) is 18.4. The number of ether oxygens (including phenoxy) is 1. The predicted octanol–water partition coefficient (Wildman–Crippen LogP) is 6.24. The fraction of sp³-hybridized carbons (Fsp3) is 0.368. The summed E-state index contributed by atoms with van der Waals surface area (Å²) >= 11 is 1.39. The van der Waals surface area contributed by atoms with Gasteiger partial charge in [-0.25, -0.2) is 0 Å². The third kappa shape index (κ3) is 5.30. The Morgan fingerprint density at radius 2 is 1.59 bits per heavy atom. The third-order valence-electron chi connectivity index (χ3n) is 3.09. The van der Waals surface area contributed by atoms with E-state index in [0.717, 1.165) is 22.0 Å². The minimum Gasteiger partial charge on any atom is -0.497 e. The lowest BCUT2D eigenvalue weighted by Gasteiger charge is -2.14. The molecule has 0 aliphatic rings. The molecule has 0 fully saturated rings. The number of methoxy groups -OCH3 is 1. The maximum atomic E-state index is 5.88. The Morgan fingerprint density at radius 3 is 2.14 bits per heavy atom. The van der Waals surface area contributed by atoms with Crippen molar-refractivity contribution in [2.45, 2.75) is 45.4 Å². The number of hydrogen-bond acceptors (Lipinski definition) is 3.